The van der Waals surface area contributed by atoms with Gasteiger partial charge in [-0.05, 0) is 11.6 Å². The van der Waals surface area contributed by atoms with Gasteiger partial charge in [-0.25, -0.2) is 4.98 Å². The summed E-state index contributed by atoms with van der Waals surface area (Å²) in [5, 5.41) is 0. The average Bonchev–Trinajstić information content (AvgIpc) is 2.43. The zero-order valence-corrected chi connectivity index (χ0v) is 11.3. The van der Waals surface area contributed by atoms with E-state index in [4.69, 9.17) is 4.74 Å². The molecule has 0 spiro atoms. The second-order valence-electron chi connectivity index (χ2n) is 4.91. The van der Waals surface area contributed by atoms with Crippen molar-refractivity contribution in [2.75, 3.05) is 13.1 Å². The SMILES string of the molecule is CC(=O)N1CC(Oc2ccc(-c3ccccc3)cn2)C1. The highest BCUT2D eigenvalue weighted by Crippen LogP contribution is 2.21. The fourth-order valence-electron chi connectivity index (χ4n) is 2.19. The smallest absolute Gasteiger partial charge is 0.219 e. The number of rotatable bonds is 3. The first-order valence-corrected chi connectivity index (χ1v) is 6.66. The summed E-state index contributed by atoms with van der Waals surface area (Å²) >= 11 is 0. The van der Waals surface area contributed by atoms with E-state index in [0.717, 1.165) is 11.1 Å². The maximum absolute atomic E-state index is 11.1. The highest BCUT2D eigenvalue weighted by molar-refractivity contribution is 5.74. The predicted molar refractivity (Wildman–Crippen MR) is 76.3 cm³/mol. The Kier molecular flexibility index (Phi) is 3.37. The molecule has 1 aliphatic heterocycles. The largest absolute Gasteiger partial charge is 0.471 e. The average molecular weight is 268 g/mol. The molecular weight excluding hydrogens is 252 g/mol. The summed E-state index contributed by atoms with van der Waals surface area (Å²) in [6.07, 6.45) is 1.88. The lowest BCUT2D eigenvalue weighted by atomic mass is 10.1. The molecule has 4 nitrogen and oxygen atoms in total. The number of pyridine rings is 1. The van der Waals surface area contributed by atoms with E-state index in [1.54, 1.807) is 11.8 Å². The van der Waals surface area contributed by atoms with Crippen LogP contribution in [0.25, 0.3) is 11.1 Å². The highest BCUT2D eigenvalue weighted by atomic mass is 16.5. The van der Waals surface area contributed by atoms with Crippen LogP contribution < -0.4 is 4.74 Å². The normalized spacial score (nSPS) is 14.8. The van der Waals surface area contributed by atoms with E-state index in [2.05, 4.69) is 4.98 Å². The zero-order valence-electron chi connectivity index (χ0n) is 11.3. The quantitative estimate of drug-likeness (QED) is 0.858. The van der Waals surface area contributed by atoms with E-state index in [1.165, 1.54) is 0 Å². The van der Waals surface area contributed by atoms with Crippen molar-refractivity contribution in [2.24, 2.45) is 0 Å². The molecule has 3 rings (SSSR count). The summed E-state index contributed by atoms with van der Waals surface area (Å²) in [6.45, 7) is 2.87. The van der Waals surface area contributed by atoms with Gasteiger partial charge in [0.15, 0.2) is 0 Å². The maximum atomic E-state index is 11.1. The number of carbonyl (C=O) groups is 1. The number of carbonyl (C=O) groups excluding carboxylic acids is 1. The number of amides is 1. The zero-order chi connectivity index (χ0) is 13.9. The Bertz CT molecular complexity index is 590. The predicted octanol–water partition coefficient (Wildman–Crippen LogP) is 2.36. The molecule has 20 heavy (non-hydrogen) atoms. The minimum Gasteiger partial charge on any atom is -0.471 e. The number of aromatic nitrogens is 1. The van der Waals surface area contributed by atoms with E-state index >= 15 is 0 Å². The fraction of sp³-hybridized carbons (Fsp3) is 0.250. The van der Waals surface area contributed by atoms with Crippen molar-refractivity contribution in [3.05, 3.63) is 48.7 Å². The van der Waals surface area contributed by atoms with Gasteiger partial charge in [0.25, 0.3) is 0 Å². The Morgan fingerprint density at radius 1 is 1.15 bits per heavy atom. The van der Waals surface area contributed by atoms with Crippen molar-refractivity contribution >= 4 is 5.91 Å². The van der Waals surface area contributed by atoms with Crippen LogP contribution in [-0.2, 0) is 4.79 Å². The summed E-state index contributed by atoms with van der Waals surface area (Å²) in [4.78, 5) is 17.2. The molecule has 2 heterocycles. The van der Waals surface area contributed by atoms with E-state index in [1.807, 2.05) is 48.7 Å². The molecular formula is C16H16N2O2. The van der Waals surface area contributed by atoms with Crippen molar-refractivity contribution in [1.29, 1.82) is 0 Å². The van der Waals surface area contributed by atoms with Gasteiger partial charge >= 0.3 is 0 Å². The molecule has 0 N–H and O–H groups in total. The molecule has 2 aromatic rings. The van der Waals surface area contributed by atoms with Gasteiger partial charge in [0.05, 0.1) is 13.1 Å². The Balaban J connectivity index is 1.62. The number of hydrogen-bond acceptors (Lipinski definition) is 3. The Hall–Kier alpha value is -2.36. The van der Waals surface area contributed by atoms with Gasteiger partial charge in [-0.15, -0.1) is 0 Å². The van der Waals surface area contributed by atoms with Crippen molar-refractivity contribution in [3.63, 3.8) is 0 Å². The maximum Gasteiger partial charge on any atom is 0.219 e. The Labute approximate surface area is 118 Å². The van der Waals surface area contributed by atoms with Gasteiger partial charge in [0.2, 0.25) is 11.8 Å². The van der Waals surface area contributed by atoms with Crippen molar-refractivity contribution < 1.29 is 9.53 Å². The van der Waals surface area contributed by atoms with Gasteiger partial charge in [0.1, 0.15) is 6.10 Å². The number of nitrogens with zero attached hydrogens (tertiary/aromatic N) is 2. The monoisotopic (exact) mass is 268 g/mol. The first kappa shape index (κ1) is 12.7. The minimum absolute atomic E-state index is 0.0639. The topological polar surface area (TPSA) is 42.4 Å². The van der Waals surface area contributed by atoms with E-state index in [-0.39, 0.29) is 12.0 Å². The van der Waals surface area contributed by atoms with Gasteiger partial charge in [-0.2, -0.15) is 0 Å². The summed E-state index contributed by atoms with van der Waals surface area (Å²) in [6, 6.07) is 14.0. The molecule has 1 saturated heterocycles. The van der Waals surface area contributed by atoms with Crippen LogP contribution in [0.4, 0.5) is 0 Å². The molecule has 1 aromatic carbocycles. The first-order chi connectivity index (χ1) is 9.72. The second kappa shape index (κ2) is 5.33. The van der Waals surface area contributed by atoms with Gasteiger partial charge in [-0.1, -0.05) is 30.3 Å². The molecule has 1 aromatic heterocycles. The van der Waals surface area contributed by atoms with Crippen LogP contribution in [0.15, 0.2) is 48.7 Å². The Morgan fingerprint density at radius 3 is 2.50 bits per heavy atom. The molecule has 1 aliphatic rings. The number of hydrogen-bond donors (Lipinski definition) is 0. The molecule has 0 bridgehead atoms. The highest BCUT2D eigenvalue weighted by Gasteiger charge is 2.30. The van der Waals surface area contributed by atoms with Crippen LogP contribution in [0.5, 0.6) is 5.88 Å². The summed E-state index contributed by atoms with van der Waals surface area (Å²) < 4.78 is 5.72. The van der Waals surface area contributed by atoms with Crippen molar-refractivity contribution in [3.8, 4) is 17.0 Å². The molecule has 0 unspecified atom stereocenters. The number of ether oxygens (including phenoxy) is 1. The molecule has 1 fully saturated rings. The van der Waals surface area contributed by atoms with E-state index < -0.39 is 0 Å². The molecule has 4 heteroatoms. The molecule has 0 saturated carbocycles. The molecule has 0 atom stereocenters. The van der Waals surface area contributed by atoms with Crippen molar-refractivity contribution in [2.45, 2.75) is 13.0 Å². The van der Waals surface area contributed by atoms with Crippen LogP contribution in [0, 0.1) is 0 Å². The van der Waals surface area contributed by atoms with Crippen LogP contribution >= 0.6 is 0 Å². The lowest BCUT2D eigenvalue weighted by Gasteiger charge is -2.37. The number of benzene rings is 1. The summed E-state index contributed by atoms with van der Waals surface area (Å²) in [7, 11) is 0. The molecule has 0 radical (unpaired) electrons. The number of likely N-dealkylation sites (tertiary alicyclic amines) is 1. The lowest BCUT2D eigenvalue weighted by molar-refractivity contribution is -0.137. The second-order valence-corrected chi connectivity index (χ2v) is 4.91. The summed E-state index contributed by atoms with van der Waals surface area (Å²) in [5.74, 6) is 0.704. The van der Waals surface area contributed by atoms with E-state index in [9.17, 15) is 4.79 Å². The minimum atomic E-state index is 0.0639. The third-order valence-electron chi connectivity index (χ3n) is 3.42. The van der Waals surface area contributed by atoms with E-state index in [0.29, 0.717) is 19.0 Å². The fourth-order valence-corrected chi connectivity index (χ4v) is 2.19. The van der Waals surface area contributed by atoms with Crippen LogP contribution in [0.3, 0.4) is 0 Å². The standard InChI is InChI=1S/C16H16N2O2/c1-12(19)18-10-15(11-18)20-16-8-7-14(9-17-16)13-5-3-2-4-6-13/h2-9,15H,10-11H2,1H3. The van der Waals surface area contributed by atoms with Crippen LogP contribution in [0.1, 0.15) is 6.92 Å². The first-order valence-electron chi connectivity index (χ1n) is 6.66. The third-order valence-corrected chi connectivity index (χ3v) is 3.42. The summed E-state index contributed by atoms with van der Waals surface area (Å²) in [5.41, 5.74) is 2.20. The van der Waals surface area contributed by atoms with Crippen LogP contribution in [0.2, 0.25) is 0 Å². The molecule has 102 valence electrons. The Morgan fingerprint density at radius 2 is 1.90 bits per heavy atom. The van der Waals surface area contributed by atoms with Gasteiger partial charge < -0.3 is 9.64 Å². The molecule has 1 amide bonds. The lowest BCUT2D eigenvalue weighted by Crippen LogP contribution is -2.55. The van der Waals surface area contributed by atoms with Crippen molar-refractivity contribution in [1.82, 2.24) is 9.88 Å². The van der Waals surface area contributed by atoms with Gasteiger partial charge in [0, 0.05) is 24.8 Å². The third kappa shape index (κ3) is 2.64. The van der Waals surface area contributed by atoms with Gasteiger partial charge in [-0.3, -0.25) is 4.79 Å². The molecule has 0 aliphatic carbocycles. The van der Waals surface area contributed by atoms with Crippen LogP contribution in [-0.4, -0.2) is 35.0 Å².